The maximum atomic E-state index is 11.8. The molecule has 3 nitrogen and oxygen atoms in total. The number of aromatic hydroxyl groups is 1. The summed E-state index contributed by atoms with van der Waals surface area (Å²) in [4.78, 5) is 11.8. The van der Waals surface area contributed by atoms with E-state index in [0.717, 1.165) is 16.3 Å². The third-order valence-electron chi connectivity index (χ3n) is 2.85. The molecule has 0 saturated carbocycles. The van der Waals surface area contributed by atoms with Crippen molar-refractivity contribution in [3.05, 3.63) is 52.4 Å². The molecule has 0 saturated heterocycles. The Hall–Kier alpha value is -2.29. The molecule has 0 aliphatic rings. The van der Waals surface area contributed by atoms with Crippen LogP contribution in [0.5, 0.6) is 5.75 Å². The van der Waals surface area contributed by atoms with E-state index < -0.39 is 0 Å². The van der Waals surface area contributed by atoms with Gasteiger partial charge in [0.1, 0.15) is 11.3 Å². The number of hydrogen-bond acceptors (Lipinski definition) is 3. The molecule has 3 rings (SSSR count). The van der Waals surface area contributed by atoms with E-state index in [9.17, 15) is 9.90 Å². The number of phenolic OH excluding ortho intramolecular Hbond substituents is 1. The van der Waals surface area contributed by atoms with Crippen LogP contribution in [0.3, 0.4) is 0 Å². The third kappa shape index (κ3) is 1.47. The van der Waals surface area contributed by atoms with Crippen molar-refractivity contribution in [2.24, 2.45) is 0 Å². The molecule has 0 fully saturated rings. The van der Waals surface area contributed by atoms with Crippen LogP contribution in [0.2, 0.25) is 0 Å². The van der Waals surface area contributed by atoms with Crippen LogP contribution in [0, 0.1) is 6.92 Å². The van der Waals surface area contributed by atoms with Crippen LogP contribution in [0.25, 0.3) is 21.7 Å². The lowest BCUT2D eigenvalue weighted by Crippen LogP contribution is -1.99. The number of rotatable bonds is 0. The predicted molar refractivity (Wildman–Crippen MR) is 66.4 cm³/mol. The second-order valence-corrected chi connectivity index (χ2v) is 4.12. The first-order valence-electron chi connectivity index (χ1n) is 5.31. The highest BCUT2D eigenvalue weighted by atomic mass is 16.4. The molecule has 1 heterocycles. The monoisotopic (exact) mass is 226 g/mol. The zero-order valence-electron chi connectivity index (χ0n) is 9.23. The fourth-order valence-corrected chi connectivity index (χ4v) is 2.02. The van der Waals surface area contributed by atoms with Crippen molar-refractivity contribution in [1.82, 2.24) is 0 Å². The van der Waals surface area contributed by atoms with E-state index in [2.05, 4.69) is 0 Å². The van der Waals surface area contributed by atoms with Crippen molar-refractivity contribution in [2.75, 3.05) is 0 Å². The molecule has 0 bridgehead atoms. The van der Waals surface area contributed by atoms with Crippen LogP contribution in [0.1, 0.15) is 5.56 Å². The molecule has 3 heteroatoms. The molecule has 0 radical (unpaired) electrons. The molecule has 84 valence electrons. The van der Waals surface area contributed by atoms with E-state index in [4.69, 9.17) is 4.42 Å². The Morgan fingerprint density at radius 3 is 2.59 bits per heavy atom. The van der Waals surface area contributed by atoms with E-state index >= 15 is 0 Å². The van der Waals surface area contributed by atoms with Crippen LogP contribution in [0.15, 0.2) is 45.6 Å². The van der Waals surface area contributed by atoms with Crippen LogP contribution in [-0.2, 0) is 0 Å². The van der Waals surface area contributed by atoms with Crippen molar-refractivity contribution in [1.29, 1.82) is 0 Å². The van der Waals surface area contributed by atoms with Gasteiger partial charge in [-0.05, 0) is 36.8 Å². The summed E-state index contributed by atoms with van der Waals surface area (Å²) >= 11 is 0. The predicted octanol–water partition coefficient (Wildman–Crippen LogP) is 2.96. The summed E-state index contributed by atoms with van der Waals surface area (Å²) in [7, 11) is 0. The Kier molecular flexibility index (Phi) is 1.95. The largest absolute Gasteiger partial charge is 0.508 e. The van der Waals surface area contributed by atoms with Gasteiger partial charge in [-0.1, -0.05) is 12.1 Å². The summed E-state index contributed by atoms with van der Waals surface area (Å²) in [5.41, 5.74) is 1.20. The summed E-state index contributed by atoms with van der Waals surface area (Å²) < 4.78 is 5.26. The van der Waals surface area contributed by atoms with Gasteiger partial charge in [0.25, 0.3) is 0 Å². The van der Waals surface area contributed by atoms with Crippen molar-refractivity contribution in [3.8, 4) is 5.75 Å². The zero-order valence-corrected chi connectivity index (χ0v) is 9.23. The maximum absolute atomic E-state index is 11.8. The van der Waals surface area contributed by atoms with Crippen LogP contribution >= 0.6 is 0 Å². The first kappa shape index (κ1) is 9.90. The van der Waals surface area contributed by atoms with Crippen molar-refractivity contribution in [2.45, 2.75) is 6.92 Å². The van der Waals surface area contributed by atoms with Gasteiger partial charge in [-0.3, -0.25) is 0 Å². The highest BCUT2D eigenvalue weighted by Crippen LogP contribution is 2.26. The number of aryl methyl sites for hydroxylation is 1. The Morgan fingerprint density at radius 1 is 1.00 bits per heavy atom. The molecule has 1 aromatic heterocycles. The van der Waals surface area contributed by atoms with Gasteiger partial charge in [0, 0.05) is 10.8 Å². The SMILES string of the molecule is Cc1ccc2c(c1)oc(=O)c1ccc(O)cc12. The van der Waals surface area contributed by atoms with Gasteiger partial charge >= 0.3 is 5.63 Å². The molecule has 0 spiro atoms. The smallest absolute Gasteiger partial charge is 0.344 e. The minimum Gasteiger partial charge on any atom is -0.508 e. The summed E-state index contributed by atoms with van der Waals surface area (Å²) in [6.07, 6.45) is 0. The Bertz CT molecular complexity index is 784. The molecule has 2 aromatic carbocycles. The first-order valence-corrected chi connectivity index (χ1v) is 5.31. The minimum absolute atomic E-state index is 0.143. The van der Waals surface area contributed by atoms with Crippen LogP contribution in [-0.4, -0.2) is 5.11 Å². The van der Waals surface area contributed by atoms with E-state index in [1.54, 1.807) is 12.1 Å². The normalized spacial score (nSPS) is 11.1. The number of benzene rings is 2. The molecule has 17 heavy (non-hydrogen) atoms. The first-order chi connectivity index (χ1) is 8.15. The fourth-order valence-electron chi connectivity index (χ4n) is 2.02. The quantitative estimate of drug-likeness (QED) is 0.473. The van der Waals surface area contributed by atoms with Gasteiger partial charge in [-0.25, -0.2) is 4.79 Å². The highest BCUT2D eigenvalue weighted by molar-refractivity contribution is 6.04. The average molecular weight is 226 g/mol. The average Bonchev–Trinajstić information content (AvgIpc) is 2.28. The van der Waals surface area contributed by atoms with Crippen molar-refractivity contribution < 1.29 is 9.52 Å². The molecule has 0 unspecified atom stereocenters. The summed E-state index contributed by atoms with van der Waals surface area (Å²) in [5.74, 6) is 0.143. The lowest BCUT2D eigenvalue weighted by Gasteiger charge is -2.03. The number of fused-ring (bicyclic) bond motifs is 3. The van der Waals surface area contributed by atoms with Crippen LogP contribution < -0.4 is 5.63 Å². The highest BCUT2D eigenvalue weighted by Gasteiger charge is 2.07. The molecule has 0 amide bonds. The molecule has 0 aliphatic carbocycles. The topological polar surface area (TPSA) is 50.4 Å². The van der Waals surface area contributed by atoms with Crippen molar-refractivity contribution in [3.63, 3.8) is 0 Å². The lowest BCUT2D eigenvalue weighted by molar-refractivity contribution is 0.476. The summed E-state index contributed by atoms with van der Waals surface area (Å²) in [6, 6.07) is 10.3. The number of hydrogen-bond donors (Lipinski definition) is 1. The molecule has 1 N–H and O–H groups in total. The van der Waals surface area contributed by atoms with E-state index in [0.29, 0.717) is 11.0 Å². The molecule has 0 aliphatic heterocycles. The molecular weight excluding hydrogens is 216 g/mol. The Morgan fingerprint density at radius 2 is 1.76 bits per heavy atom. The minimum atomic E-state index is -0.377. The van der Waals surface area contributed by atoms with E-state index in [1.165, 1.54) is 6.07 Å². The van der Waals surface area contributed by atoms with E-state index in [1.807, 2.05) is 25.1 Å². The van der Waals surface area contributed by atoms with Gasteiger partial charge in [0.2, 0.25) is 0 Å². The van der Waals surface area contributed by atoms with Gasteiger partial charge < -0.3 is 9.52 Å². The zero-order chi connectivity index (χ0) is 12.0. The summed E-state index contributed by atoms with van der Waals surface area (Å²) in [6.45, 7) is 1.94. The molecular formula is C14H10O3. The standard InChI is InChI=1S/C14H10O3/c1-8-2-4-10-12-7-9(15)3-5-11(12)14(16)17-13(10)6-8/h2-7,15H,1H3. The Balaban J connectivity index is 2.62. The third-order valence-corrected chi connectivity index (χ3v) is 2.85. The van der Waals surface area contributed by atoms with Gasteiger partial charge in [0.05, 0.1) is 5.39 Å². The Labute approximate surface area is 96.9 Å². The second kappa shape index (κ2) is 3.35. The lowest BCUT2D eigenvalue weighted by atomic mass is 10.1. The summed E-state index contributed by atoms with van der Waals surface area (Å²) in [5, 5.41) is 11.5. The fraction of sp³-hybridized carbons (Fsp3) is 0.0714. The van der Waals surface area contributed by atoms with Gasteiger partial charge in [-0.2, -0.15) is 0 Å². The van der Waals surface area contributed by atoms with Crippen LogP contribution in [0.4, 0.5) is 0 Å². The maximum Gasteiger partial charge on any atom is 0.344 e. The van der Waals surface area contributed by atoms with Crippen molar-refractivity contribution >= 4 is 21.7 Å². The van der Waals surface area contributed by atoms with Gasteiger partial charge in [-0.15, -0.1) is 0 Å². The second-order valence-electron chi connectivity index (χ2n) is 4.12. The molecule has 0 atom stereocenters. The molecule has 3 aromatic rings. The number of phenols is 1. The van der Waals surface area contributed by atoms with E-state index in [-0.39, 0.29) is 11.4 Å². The van der Waals surface area contributed by atoms with Gasteiger partial charge in [0.15, 0.2) is 0 Å².